The number of hydrogen-bond acceptors (Lipinski definition) is 8. The van der Waals surface area contributed by atoms with Gasteiger partial charge in [0, 0.05) is 21.7 Å². The van der Waals surface area contributed by atoms with Gasteiger partial charge in [0.2, 0.25) is 0 Å². The first-order valence-corrected chi connectivity index (χ1v) is 8.71. The maximum Gasteiger partial charge on any atom is 0.0819 e. The van der Waals surface area contributed by atoms with Crippen LogP contribution in [0.1, 0.15) is 79.1 Å². The molecule has 0 aromatic rings. The SMILES string of the molecule is CCCCOO.CCCCOO.CCCCOO.CCCCOO.[Ti]. The van der Waals surface area contributed by atoms with Gasteiger partial charge in [0.25, 0.3) is 0 Å². The van der Waals surface area contributed by atoms with Gasteiger partial charge in [-0.1, -0.05) is 53.4 Å². The molecule has 0 unspecified atom stereocenters. The van der Waals surface area contributed by atoms with Gasteiger partial charge in [-0.3, -0.25) is 21.0 Å². The van der Waals surface area contributed by atoms with Crippen LogP contribution in [0.2, 0.25) is 0 Å². The molecular weight excluding hydrogens is 368 g/mol. The predicted octanol–water partition coefficient (Wildman–Crippen LogP) is 5.10. The van der Waals surface area contributed by atoms with Gasteiger partial charge in [-0.2, -0.15) is 0 Å². The topological polar surface area (TPSA) is 118 Å². The molecule has 0 fully saturated rings. The number of rotatable bonds is 12. The summed E-state index contributed by atoms with van der Waals surface area (Å²) in [7, 11) is 0. The smallest absolute Gasteiger partial charge is 0.0819 e. The second-order valence-corrected chi connectivity index (χ2v) is 4.75. The summed E-state index contributed by atoms with van der Waals surface area (Å²) < 4.78 is 0. The fraction of sp³-hybridized carbons (Fsp3) is 1.00. The van der Waals surface area contributed by atoms with Crippen LogP contribution in [0.3, 0.4) is 0 Å². The van der Waals surface area contributed by atoms with Crippen LogP contribution in [0.15, 0.2) is 0 Å². The first-order chi connectivity index (χ1) is 11.7. The van der Waals surface area contributed by atoms with Crippen molar-refractivity contribution in [3.63, 3.8) is 0 Å². The number of unbranched alkanes of at least 4 members (excludes halogenated alkanes) is 4. The first kappa shape index (κ1) is 36.3. The van der Waals surface area contributed by atoms with Gasteiger partial charge in [0.05, 0.1) is 26.4 Å². The molecule has 0 spiro atoms. The molecule has 0 radical (unpaired) electrons. The van der Waals surface area contributed by atoms with E-state index in [4.69, 9.17) is 21.0 Å². The Morgan fingerprint density at radius 3 is 0.640 bits per heavy atom. The van der Waals surface area contributed by atoms with Crippen molar-refractivity contribution in [3.8, 4) is 0 Å². The zero-order valence-electron chi connectivity index (χ0n) is 16.4. The third kappa shape index (κ3) is 79.6. The van der Waals surface area contributed by atoms with E-state index < -0.39 is 0 Å². The van der Waals surface area contributed by atoms with Crippen LogP contribution in [-0.2, 0) is 41.3 Å². The molecule has 0 aromatic heterocycles. The second-order valence-electron chi connectivity index (χ2n) is 4.75. The first-order valence-electron chi connectivity index (χ1n) is 8.71. The van der Waals surface area contributed by atoms with Crippen LogP contribution in [0, 0.1) is 0 Å². The molecule has 0 amide bonds. The van der Waals surface area contributed by atoms with Crippen LogP contribution in [-0.4, -0.2) is 47.5 Å². The minimum atomic E-state index is 0. The largest absolute Gasteiger partial charge is 0.252 e. The Balaban J connectivity index is -0.0000000702. The molecule has 0 saturated heterocycles. The fourth-order valence-corrected chi connectivity index (χ4v) is 0.836. The molecule has 0 bridgehead atoms. The molecule has 4 N–H and O–H groups in total. The average molecular weight is 408 g/mol. The van der Waals surface area contributed by atoms with Crippen molar-refractivity contribution < 1.29 is 62.3 Å². The molecule has 0 atom stereocenters. The van der Waals surface area contributed by atoms with Gasteiger partial charge < -0.3 is 0 Å². The molecule has 0 rings (SSSR count). The number of hydrogen-bond donors (Lipinski definition) is 4. The molecule has 9 heteroatoms. The molecule has 156 valence electrons. The van der Waals surface area contributed by atoms with Gasteiger partial charge >= 0.3 is 0 Å². The van der Waals surface area contributed by atoms with Gasteiger partial charge in [-0.15, -0.1) is 0 Å². The Kier molecular flexibility index (Phi) is 72.2. The summed E-state index contributed by atoms with van der Waals surface area (Å²) in [6.45, 7) is 10.0. The Labute approximate surface area is 168 Å². The molecular formula is C16H40O8Ti. The predicted molar refractivity (Wildman–Crippen MR) is 94.0 cm³/mol. The van der Waals surface area contributed by atoms with E-state index in [1.165, 1.54) is 0 Å². The molecule has 0 saturated carbocycles. The van der Waals surface area contributed by atoms with E-state index in [1.54, 1.807) is 0 Å². The molecule has 0 aliphatic heterocycles. The summed E-state index contributed by atoms with van der Waals surface area (Å²) in [5.41, 5.74) is 0. The van der Waals surface area contributed by atoms with Crippen molar-refractivity contribution in [2.24, 2.45) is 0 Å². The molecule has 0 heterocycles. The zero-order chi connectivity index (χ0) is 19.3. The quantitative estimate of drug-likeness (QED) is 0.152. The average Bonchev–Trinajstić information content (AvgIpc) is 2.62. The van der Waals surface area contributed by atoms with Crippen LogP contribution in [0.5, 0.6) is 0 Å². The summed E-state index contributed by atoms with van der Waals surface area (Å²) in [5.74, 6) is 0. The summed E-state index contributed by atoms with van der Waals surface area (Å²) >= 11 is 0. The molecule has 25 heavy (non-hydrogen) atoms. The van der Waals surface area contributed by atoms with E-state index in [9.17, 15) is 0 Å². The molecule has 0 aliphatic carbocycles. The second kappa shape index (κ2) is 49.7. The van der Waals surface area contributed by atoms with Gasteiger partial charge in [-0.05, 0) is 25.7 Å². The van der Waals surface area contributed by atoms with Gasteiger partial charge in [0.1, 0.15) is 0 Å². The van der Waals surface area contributed by atoms with E-state index in [0.29, 0.717) is 26.4 Å². The fourth-order valence-electron chi connectivity index (χ4n) is 0.836. The van der Waals surface area contributed by atoms with Gasteiger partial charge in [0.15, 0.2) is 0 Å². The maximum absolute atomic E-state index is 7.70. The summed E-state index contributed by atoms with van der Waals surface area (Å²) in [5, 5.41) is 30.8. The van der Waals surface area contributed by atoms with Crippen molar-refractivity contribution in [3.05, 3.63) is 0 Å². The summed E-state index contributed by atoms with van der Waals surface area (Å²) in [6.07, 6.45) is 8.04. The van der Waals surface area contributed by atoms with E-state index in [0.717, 1.165) is 51.4 Å². The summed E-state index contributed by atoms with van der Waals surface area (Å²) in [4.78, 5) is 15.1. The Bertz CT molecular complexity index is 108. The van der Waals surface area contributed by atoms with E-state index in [2.05, 4.69) is 19.6 Å². The van der Waals surface area contributed by atoms with E-state index >= 15 is 0 Å². The van der Waals surface area contributed by atoms with E-state index in [-0.39, 0.29) is 21.7 Å². The standard InChI is InChI=1S/4C4H10O2.Ti/c4*1-2-3-4-6-5;/h4*5H,2-4H2,1H3;. The Hall–Kier alpha value is 0.394. The van der Waals surface area contributed by atoms with Crippen LogP contribution in [0.25, 0.3) is 0 Å². The van der Waals surface area contributed by atoms with Gasteiger partial charge in [-0.25, -0.2) is 19.6 Å². The Morgan fingerprint density at radius 2 is 0.600 bits per heavy atom. The zero-order valence-corrected chi connectivity index (χ0v) is 18.0. The maximum atomic E-state index is 7.70. The minimum Gasteiger partial charge on any atom is -0.252 e. The van der Waals surface area contributed by atoms with Crippen molar-refractivity contribution in [2.75, 3.05) is 26.4 Å². The molecule has 0 aliphatic rings. The van der Waals surface area contributed by atoms with Crippen LogP contribution in [0.4, 0.5) is 0 Å². The Morgan fingerprint density at radius 1 is 0.440 bits per heavy atom. The van der Waals surface area contributed by atoms with E-state index in [1.807, 2.05) is 27.7 Å². The normalized spacial score (nSPS) is 8.64. The third-order valence-electron chi connectivity index (χ3n) is 2.36. The van der Waals surface area contributed by atoms with Crippen LogP contribution >= 0.6 is 0 Å². The van der Waals surface area contributed by atoms with Crippen molar-refractivity contribution in [1.82, 2.24) is 0 Å². The van der Waals surface area contributed by atoms with Crippen molar-refractivity contribution in [1.29, 1.82) is 0 Å². The molecule has 0 aromatic carbocycles. The minimum absolute atomic E-state index is 0. The molecule has 8 nitrogen and oxygen atoms in total. The monoisotopic (exact) mass is 408 g/mol. The third-order valence-corrected chi connectivity index (χ3v) is 2.36. The van der Waals surface area contributed by atoms with Crippen LogP contribution < -0.4 is 0 Å². The summed E-state index contributed by atoms with van der Waals surface area (Å²) in [6, 6.07) is 0. The van der Waals surface area contributed by atoms with Crippen molar-refractivity contribution >= 4 is 0 Å². The van der Waals surface area contributed by atoms with Crippen molar-refractivity contribution in [2.45, 2.75) is 79.1 Å².